The largest absolute Gasteiger partial charge is 0.473 e. The molecular weight excluding hydrogens is 490 g/mol. The smallest absolute Gasteiger partial charge is 0.224 e. The lowest BCUT2D eigenvalue weighted by Gasteiger charge is -2.31. The fourth-order valence-electron chi connectivity index (χ4n) is 4.97. The number of pyridine rings is 1. The zero-order valence-corrected chi connectivity index (χ0v) is 22.4. The number of aromatic nitrogens is 1. The van der Waals surface area contributed by atoms with E-state index >= 15 is 0 Å². The highest BCUT2D eigenvalue weighted by molar-refractivity contribution is 5.32. The summed E-state index contributed by atoms with van der Waals surface area (Å²) in [6.45, 7) is 4.97. The van der Waals surface area contributed by atoms with Gasteiger partial charge in [-0.05, 0) is 36.1 Å². The third-order valence-corrected chi connectivity index (χ3v) is 7.02. The van der Waals surface area contributed by atoms with E-state index in [9.17, 15) is 5.11 Å². The van der Waals surface area contributed by atoms with E-state index in [1.807, 2.05) is 111 Å². The van der Waals surface area contributed by atoms with E-state index in [4.69, 9.17) is 18.9 Å². The van der Waals surface area contributed by atoms with Crippen molar-refractivity contribution in [3.63, 3.8) is 0 Å². The molecule has 1 N–H and O–H groups in total. The van der Waals surface area contributed by atoms with Gasteiger partial charge < -0.3 is 24.1 Å². The molecule has 1 saturated heterocycles. The van der Waals surface area contributed by atoms with Crippen LogP contribution in [0.3, 0.4) is 0 Å². The summed E-state index contributed by atoms with van der Waals surface area (Å²) in [5.41, 5.74) is 4.24. The second kappa shape index (κ2) is 12.5. The summed E-state index contributed by atoms with van der Waals surface area (Å²) in [6, 6.07) is 33.4. The quantitative estimate of drug-likeness (QED) is 0.255. The Hall–Kier alpha value is -3.55. The van der Waals surface area contributed by atoms with E-state index in [0.29, 0.717) is 43.4 Å². The van der Waals surface area contributed by atoms with E-state index in [0.717, 1.165) is 16.7 Å². The van der Waals surface area contributed by atoms with Crippen molar-refractivity contribution in [2.45, 2.75) is 64.2 Å². The molecule has 6 nitrogen and oxygen atoms in total. The first-order chi connectivity index (χ1) is 19.1. The first kappa shape index (κ1) is 27.0. The summed E-state index contributed by atoms with van der Waals surface area (Å²) in [4.78, 5) is 4.64. The number of hydrogen-bond acceptors (Lipinski definition) is 6. The maximum atomic E-state index is 12.1. The van der Waals surface area contributed by atoms with Crippen molar-refractivity contribution in [3.05, 3.63) is 131 Å². The number of benzene rings is 3. The number of aryl methyl sites for hydroxylation is 1. The Kier molecular flexibility index (Phi) is 8.69. The zero-order chi connectivity index (χ0) is 27.1. The van der Waals surface area contributed by atoms with Crippen molar-refractivity contribution in [2.24, 2.45) is 0 Å². The molecule has 0 saturated carbocycles. The van der Waals surface area contributed by atoms with Crippen molar-refractivity contribution >= 4 is 0 Å². The Labute approximate surface area is 230 Å². The Morgan fingerprint density at radius 2 is 1.28 bits per heavy atom. The van der Waals surface area contributed by atoms with Gasteiger partial charge in [0.1, 0.15) is 18.8 Å². The minimum Gasteiger partial charge on any atom is -0.473 e. The van der Waals surface area contributed by atoms with E-state index in [1.165, 1.54) is 0 Å². The lowest BCUT2D eigenvalue weighted by atomic mass is 9.95. The van der Waals surface area contributed by atoms with Crippen molar-refractivity contribution in [1.82, 2.24) is 4.98 Å². The number of aliphatic hydroxyl groups is 1. The fraction of sp³-hybridized carbons (Fsp3) is 0.303. The molecule has 0 aliphatic carbocycles. The topological polar surface area (TPSA) is 70.0 Å². The maximum absolute atomic E-state index is 12.1. The van der Waals surface area contributed by atoms with Crippen LogP contribution in [-0.2, 0) is 39.8 Å². The van der Waals surface area contributed by atoms with Gasteiger partial charge in [-0.2, -0.15) is 0 Å². The second-order valence-electron chi connectivity index (χ2n) is 9.80. The molecule has 0 bridgehead atoms. The molecular formula is C33H35NO5. The molecule has 4 atom stereocenters. The molecule has 0 radical (unpaired) electrons. The van der Waals surface area contributed by atoms with Crippen LogP contribution in [0.4, 0.5) is 0 Å². The van der Waals surface area contributed by atoms with Crippen molar-refractivity contribution < 1.29 is 24.1 Å². The molecule has 2 heterocycles. The highest BCUT2D eigenvalue weighted by Gasteiger charge is 2.57. The normalized spacial score (nSPS) is 22.6. The number of ether oxygens (including phenoxy) is 4. The van der Waals surface area contributed by atoms with Crippen molar-refractivity contribution in [3.8, 4) is 5.88 Å². The Morgan fingerprint density at radius 3 is 1.82 bits per heavy atom. The molecule has 3 aromatic carbocycles. The monoisotopic (exact) mass is 525 g/mol. The van der Waals surface area contributed by atoms with Gasteiger partial charge in [0.15, 0.2) is 0 Å². The predicted molar refractivity (Wildman–Crippen MR) is 149 cm³/mol. The van der Waals surface area contributed by atoms with Gasteiger partial charge in [-0.25, -0.2) is 4.98 Å². The predicted octanol–water partition coefficient (Wildman–Crippen LogP) is 6.09. The zero-order valence-electron chi connectivity index (χ0n) is 22.4. The highest BCUT2D eigenvalue weighted by Crippen LogP contribution is 2.43. The minimum absolute atomic E-state index is 0.309. The number of hydrogen-bond donors (Lipinski definition) is 1. The molecule has 1 aliphatic rings. The molecule has 202 valence electrons. The van der Waals surface area contributed by atoms with Crippen molar-refractivity contribution in [2.75, 3.05) is 0 Å². The standard InChI is InChI=1S/C33H35NO5/c1-3-29-31(37-22-26-15-9-5-10-16-26)32(38-23-27-17-11-6-12-18-27)33(35,39-29)28-19-20-30(34-24(28)2)36-21-25-13-7-4-8-14-25/h4-20,29,31-32,35H,3,21-23H2,1-2H3/t29-,31?,32+,33+/m1/s1. The van der Waals surface area contributed by atoms with Gasteiger partial charge in [-0.15, -0.1) is 0 Å². The molecule has 1 aromatic heterocycles. The van der Waals surface area contributed by atoms with Crippen LogP contribution in [-0.4, -0.2) is 28.4 Å². The third-order valence-electron chi connectivity index (χ3n) is 7.02. The lowest BCUT2D eigenvalue weighted by Crippen LogP contribution is -2.44. The molecule has 0 spiro atoms. The highest BCUT2D eigenvalue weighted by atomic mass is 16.7. The molecule has 4 aromatic rings. The molecule has 1 unspecified atom stereocenters. The molecule has 1 aliphatic heterocycles. The van der Waals surface area contributed by atoms with E-state index in [2.05, 4.69) is 4.98 Å². The van der Waals surface area contributed by atoms with Gasteiger partial charge in [0.25, 0.3) is 0 Å². The number of rotatable bonds is 11. The van der Waals surface area contributed by atoms with E-state index in [1.54, 1.807) is 6.07 Å². The van der Waals surface area contributed by atoms with E-state index in [-0.39, 0.29) is 6.10 Å². The van der Waals surface area contributed by atoms with Crippen LogP contribution < -0.4 is 4.74 Å². The molecule has 5 rings (SSSR count). The van der Waals surface area contributed by atoms with Gasteiger partial charge in [0.2, 0.25) is 11.7 Å². The van der Waals surface area contributed by atoms with E-state index < -0.39 is 18.0 Å². The summed E-state index contributed by atoms with van der Waals surface area (Å²) >= 11 is 0. The average molecular weight is 526 g/mol. The maximum Gasteiger partial charge on any atom is 0.224 e. The van der Waals surface area contributed by atoms with Crippen LogP contribution >= 0.6 is 0 Å². The SMILES string of the molecule is CC[C@H]1O[C@@](O)(c2ccc(OCc3ccccc3)nc2C)[C@@H](OCc2ccccc2)C1OCc1ccccc1. The molecule has 1 fully saturated rings. The van der Waals surface area contributed by atoms with Gasteiger partial charge >= 0.3 is 0 Å². The molecule has 6 heteroatoms. The summed E-state index contributed by atoms with van der Waals surface area (Å²) in [7, 11) is 0. The summed E-state index contributed by atoms with van der Waals surface area (Å²) in [6.07, 6.45) is -0.981. The van der Waals surface area contributed by atoms with Crippen molar-refractivity contribution in [1.29, 1.82) is 0 Å². The Morgan fingerprint density at radius 1 is 0.744 bits per heavy atom. The fourth-order valence-corrected chi connectivity index (χ4v) is 4.97. The third kappa shape index (κ3) is 6.37. The molecule has 39 heavy (non-hydrogen) atoms. The summed E-state index contributed by atoms with van der Waals surface area (Å²) in [5.74, 6) is -1.27. The van der Waals surface area contributed by atoms with Gasteiger partial charge in [-0.1, -0.05) is 97.9 Å². The van der Waals surface area contributed by atoms with Crippen LogP contribution in [0.2, 0.25) is 0 Å². The number of nitrogens with zero attached hydrogens (tertiary/aromatic N) is 1. The van der Waals surface area contributed by atoms with Crippen LogP contribution in [0.25, 0.3) is 0 Å². The average Bonchev–Trinajstić information content (AvgIpc) is 3.26. The van der Waals surface area contributed by atoms with Gasteiger partial charge in [0, 0.05) is 11.6 Å². The Bertz CT molecular complexity index is 1320. The summed E-state index contributed by atoms with van der Waals surface area (Å²) < 4.78 is 25.1. The van der Waals surface area contributed by atoms with Gasteiger partial charge in [-0.3, -0.25) is 0 Å². The van der Waals surface area contributed by atoms with Crippen LogP contribution in [0.15, 0.2) is 103 Å². The van der Waals surface area contributed by atoms with Gasteiger partial charge in [0.05, 0.1) is 25.0 Å². The van der Waals surface area contributed by atoms with Crippen LogP contribution in [0, 0.1) is 6.92 Å². The van der Waals surface area contributed by atoms with Crippen LogP contribution in [0.1, 0.15) is 41.3 Å². The first-order valence-electron chi connectivity index (χ1n) is 13.4. The second-order valence-corrected chi connectivity index (χ2v) is 9.80. The summed E-state index contributed by atoms with van der Waals surface area (Å²) in [5, 5.41) is 12.1. The minimum atomic E-state index is -1.74. The Balaban J connectivity index is 1.40. The first-order valence-corrected chi connectivity index (χ1v) is 13.4. The molecule has 0 amide bonds. The van der Waals surface area contributed by atoms with Crippen LogP contribution in [0.5, 0.6) is 5.88 Å². The lowest BCUT2D eigenvalue weighted by molar-refractivity contribution is -0.250.